The van der Waals surface area contributed by atoms with Gasteiger partial charge in [0.25, 0.3) is 0 Å². The summed E-state index contributed by atoms with van der Waals surface area (Å²) in [6.07, 6.45) is 6.20. The third-order valence-corrected chi connectivity index (χ3v) is 4.01. The van der Waals surface area contributed by atoms with Crippen LogP contribution in [-0.4, -0.2) is 37.9 Å². The van der Waals surface area contributed by atoms with E-state index in [9.17, 15) is 9.59 Å². The Balaban J connectivity index is 1.74. The summed E-state index contributed by atoms with van der Waals surface area (Å²) in [6, 6.07) is 6.37. The standard InChI is InChI=1S/C19H26O5/c1-2-3-4-5-12-23-18(20)15-8-10-16(11-9-15)19(21)24-14-17-7-6-13-22-17/h8-11,17H,2-7,12-14H2,1H3. The topological polar surface area (TPSA) is 61.8 Å². The van der Waals surface area contributed by atoms with Crippen LogP contribution in [0.15, 0.2) is 24.3 Å². The van der Waals surface area contributed by atoms with E-state index in [0.29, 0.717) is 17.7 Å². The average Bonchev–Trinajstić information content (AvgIpc) is 3.13. The Kier molecular flexibility index (Phi) is 7.75. The molecule has 1 aromatic carbocycles. The van der Waals surface area contributed by atoms with Gasteiger partial charge in [-0.15, -0.1) is 0 Å². The molecule has 1 heterocycles. The Bertz CT molecular complexity index is 517. The maximum Gasteiger partial charge on any atom is 0.338 e. The molecule has 5 heteroatoms. The lowest BCUT2D eigenvalue weighted by Gasteiger charge is -2.10. The predicted octanol–water partition coefficient (Wildman–Crippen LogP) is 3.76. The second-order valence-electron chi connectivity index (χ2n) is 6.01. The van der Waals surface area contributed by atoms with E-state index in [1.807, 2.05) is 0 Å². The van der Waals surface area contributed by atoms with E-state index in [0.717, 1.165) is 45.1 Å². The number of ether oxygens (including phenoxy) is 3. The number of rotatable bonds is 9. The minimum absolute atomic E-state index is 0.0101. The minimum atomic E-state index is -0.398. The van der Waals surface area contributed by atoms with Crippen LogP contribution in [0.5, 0.6) is 0 Å². The summed E-state index contributed by atoms with van der Waals surface area (Å²) in [5, 5.41) is 0. The highest BCUT2D eigenvalue weighted by Crippen LogP contribution is 2.13. The van der Waals surface area contributed by atoms with Gasteiger partial charge < -0.3 is 14.2 Å². The SMILES string of the molecule is CCCCCCOC(=O)c1ccc(C(=O)OCC2CCCO2)cc1. The zero-order valence-electron chi connectivity index (χ0n) is 14.3. The zero-order chi connectivity index (χ0) is 17.2. The van der Waals surface area contributed by atoms with E-state index in [-0.39, 0.29) is 18.7 Å². The lowest BCUT2D eigenvalue weighted by atomic mass is 10.1. The summed E-state index contributed by atoms with van der Waals surface area (Å²) in [4.78, 5) is 23.9. The Morgan fingerprint density at radius 3 is 2.29 bits per heavy atom. The van der Waals surface area contributed by atoms with Crippen molar-refractivity contribution in [1.82, 2.24) is 0 Å². The van der Waals surface area contributed by atoms with Crippen molar-refractivity contribution in [2.24, 2.45) is 0 Å². The molecule has 0 N–H and O–H groups in total. The van der Waals surface area contributed by atoms with Crippen LogP contribution >= 0.6 is 0 Å². The molecular weight excluding hydrogens is 308 g/mol. The van der Waals surface area contributed by atoms with E-state index in [1.165, 1.54) is 0 Å². The first-order valence-corrected chi connectivity index (χ1v) is 8.76. The third kappa shape index (κ3) is 5.96. The monoisotopic (exact) mass is 334 g/mol. The minimum Gasteiger partial charge on any atom is -0.462 e. The van der Waals surface area contributed by atoms with Crippen LogP contribution in [-0.2, 0) is 14.2 Å². The lowest BCUT2D eigenvalue weighted by Crippen LogP contribution is -2.18. The summed E-state index contributed by atoms with van der Waals surface area (Å²) < 4.78 is 15.9. The Labute approximate surface area is 143 Å². The third-order valence-electron chi connectivity index (χ3n) is 4.01. The first kappa shape index (κ1) is 18.5. The van der Waals surface area contributed by atoms with Gasteiger partial charge in [0.15, 0.2) is 0 Å². The molecule has 0 spiro atoms. The van der Waals surface area contributed by atoms with Gasteiger partial charge in [0.2, 0.25) is 0 Å². The smallest absolute Gasteiger partial charge is 0.338 e. The van der Waals surface area contributed by atoms with E-state index in [2.05, 4.69) is 6.92 Å². The molecule has 0 saturated carbocycles. The number of hydrogen-bond acceptors (Lipinski definition) is 5. The molecule has 1 aliphatic heterocycles. The van der Waals surface area contributed by atoms with Crippen molar-refractivity contribution in [2.45, 2.75) is 51.6 Å². The molecule has 0 aromatic heterocycles. The summed E-state index contributed by atoms with van der Waals surface area (Å²) in [7, 11) is 0. The van der Waals surface area contributed by atoms with E-state index in [4.69, 9.17) is 14.2 Å². The van der Waals surface area contributed by atoms with E-state index in [1.54, 1.807) is 24.3 Å². The fraction of sp³-hybridized carbons (Fsp3) is 0.579. The summed E-state index contributed by atoms with van der Waals surface area (Å²) >= 11 is 0. The number of unbranched alkanes of at least 4 members (excludes halogenated alkanes) is 3. The van der Waals surface area contributed by atoms with Gasteiger partial charge in [-0.1, -0.05) is 26.2 Å². The van der Waals surface area contributed by atoms with Gasteiger partial charge in [0, 0.05) is 6.61 Å². The quantitative estimate of drug-likeness (QED) is 0.508. The fourth-order valence-electron chi connectivity index (χ4n) is 2.55. The summed E-state index contributed by atoms with van der Waals surface area (Å²) in [5.41, 5.74) is 0.869. The molecule has 1 atom stereocenters. The highest BCUT2D eigenvalue weighted by atomic mass is 16.6. The number of hydrogen-bond donors (Lipinski definition) is 0. The number of benzene rings is 1. The van der Waals surface area contributed by atoms with Crippen molar-refractivity contribution in [3.05, 3.63) is 35.4 Å². The van der Waals surface area contributed by atoms with E-state index >= 15 is 0 Å². The molecule has 2 rings (SSSR count). The van der Waals surface area contributed by atoms with Crippen LogP contribution < -0.4 is 0 Å². The molecule has 24 heavy (non-hydrogen) atoms. The zero-order valence-corrected chi connectivity index (χ0v) is 14.3. The van der Waals surface area contributed by atoms with Gasteiger partial charge >= 0.3 is 11.9 Å². The second-order valence-corrected chi connectivity index (χ2v) is 6.01. The molecule has 0 aliphatic carbocycles. The molecule has 0 radical (unpaired) electrons. The summed E-state index contributed by atoms with van der Waals surface area (Å²) in [5.74, 6) is -0.754. The van der Waals surface area contributed by atoms with Crippen LogP contribution in [0.2, 0.25) is 0 Å². The van der Waals surface area contributed by atoms with Crippen LogP contribution in [0.3, 0.4) is 0 Å². The molecule has 1 aromatic rings. The van der Waals surface area contributed by atoms with Gasteiger partial charge in [0.1, 0.15) is 6.61 Å². The van der Waals surface area contributed by atoms with Crippen molar-refractivity contribution in [3.63, 3.8) is 0 Å². The Morgan fingerprint density at radius 2 is 1.71 bits per heavy atom. The predicted molar refractivity (Wildman–Crippen MR) is 90.1 cm³/mol. The highest BCUT2D eigenvalue weighted by molar-refractivity contribution is 5.93. The molecule has 132 valence electrons. The fourth-order valence-corrected chi connectivity index (χ4v) is 2.55. The van der Waals surface area contributed by atoms with Crippen LogP contribution in [0.25, 0.3) is 0 Å². The first-order valence-electron chi connectivity index (χ1n) is 8.76. The molecular formula is C19H26O5. The van der Waals surface area contributed by atoms with Gasteiger partial charge in [0.05, 0.1) is 23.8 Å². The van der Waals surface area contributed by atoms with Gasteiger partial charge in [-0.05, 0) is 43.5 Å². The normalized spacial score (nSPS) is 16.8. The van der Waals surface area contributed by atoms with Crippen molar-refractivity contribution in [2.75, 3.05) is 19.8 Å². The second kappa shape index (κ2) is 10.1. The van der Waals surface area contributed by atoms with E-state index < -0.39 is 5.97 Å². The average molecular weight is 334 g/mol. The largest absolute Gasteiger partial charge is 0.462 e. The van der Waals surface area contributed by atoms with Crippen LogP contribution in [0, 0.1) is 0 Å². The number of carbonyl (C=O) groups is 2. The first-order chi connectivity index (χ1) is 11.7. The van der Waals surface area contributed by atoms with Crippen molar-refractivity contribution in [1.29, 1.82) is 0 Å². The molecule has 0 bridgehead atoms. The maximum absolute atomic E-state index is 12.0. The van der Waals surface area contributed by atoms with Gasteiger partial charge in [-0.3, -0.25) is 0 Å². The van der Waals surface area contributed by atoms with Crippen LogP contribution in [0.1, 0.15) is 66.2 Å². The van der Waals surface area contributed by atoms with Crippen molar-refractivity contribution in [3.8, 4) is 0 Å². The molecule has 0 amide bonds. The molecule has 5 nitrogen and oxygen atoms in total. The number of carbonyl (C=O) groups excluding carboxylic acids is 2. The highest BCUT2D eigenvalue weighted by Gasteiger charge is 2.18. The molecule has 1 saturated heterocycles. The van der Waals surface area contributed by atoms with Crippen molar-refractivity contribution < 1.29 is 23.8 Å². The Hall–Kier alpha value is -1.88. The lowest BCUT2D eigenvalue weighted by molar-refractivity contribution is 0.0161. The molecule has 1 unspecified atom stereocenters. The summed E-state index contributed by atoms with van der Waals surface area (Å²) in [6.45, 7) is 3.58. The van der Waals surface area contributed by atoms with Gasteiger partial charge in [-0.2, -0.15) is 0 Å². The van der Waals surface area contributed by atoms with Gasteiger partial charge in [-0.25, -0.2) is 9.59 Å². The van der Waals surface area contributed by atoms with Crippen LogP contribution in [0.4, 0.5) is 0 Å². The Morgan fingerprint density at radius 1 is 1.04 bits per heavy atom. The van der Waals surface area contributed by atoms with Crippen molar-refractivity contribution >= 4 is 11.9 Å². The molecule has 1 aliphatic rings. The number of esters is 2. The molecule has 1 fully saturated rings. The maximum atomic E-state index is 12.0.